The Kier molecular flexibility index (Phi) is 7.23. The molecule has 1 aromatic carbocycles. The number of nitrogens with one attached hydrogen (secondary N) is 1. The van der Waals surface area contributed by atoms with E-state index in [0.717, 1.165) is 57.9 Å². The van der Waals surface area contributed by atoms with Crippen LogP contribution in [-0.2, 0) is 11.2 Å². The predicted molar refractivity (Wildman–Crippen MR) is 92.3 cm³/mol. The van der Waals surface area contributed by atoms with Gasteiger partial charge < -0.3 is 15.0 Å². The van der Waals surface area contributed by atoms with Crippen molar-refractivity contribution in [3.8, 4) is 0 Å². The maximum Gasteiger partial charge on any atom is 0.193 e. The fraction of sp³-hybridized carbons (Fsp3) is 0.611. The maximum atomic E-state index is 5.71. The highest BCUT2D eigenvalue weighted by Gasteiger charge is 2.21. The van der Waals surface area contributed by atoms with Crippen LogP contribution in [0.15, 0.2) is 35.3 Å². The Morgan fingerprint density at radius 2 is 2.00 bits per heavy atom. The van der Waals surface area contributed by atoms with Crippen molar-refractivity contribution < 1.29 is 4.74 Å². The number of aliphatic imine (C=N–C) groups is 1. The van der Waals surface area contributed by atoms with Gasteiger partial charge in [-0.3, -0.25) is 4.99 Å². The van der Waals surface area contributed by atoms with Gasteiger partial charge in [-0.1, -0.05) is 30.3 Å². The zero-order valence-electron chi connectivity index (χ0n) is 13.9. The number of nitrogens with zero attached hydrogens (tertiary/aromatic N) is 2. The van der Waals surface area contributed by atoms with Crippen LogP contribution in [0.3, 0.4) is 0 Å². The lowest BCUT2D eigenvalue weighted by Gasteiger charge is -2.34. The van der Waals surface area contributed by atoms with Gasteiger partial charge in [-0.2, -0.15) is 0 Å². The van der Waals surface area contributed by atoms with Crippen molar-refractivity contribution in [2.45, 2.75) is 38.7 Å². The van der Waals surface area contributed by atoms with Crippen LogP contribution in [0.1, 0.15) is 31.7 Å². The molecule has 1 fully saturated rings. The van der Waals surface area contributed by atoms with Crippen LogP contribution in [0.5, 0.6) is 0 Å². The Hall–Kier alpha value is -1.55. The normalized spacial score (nSPS) is 16.8. The molecule has 1 heterocycles. The van der Waals surface area contributed by atoms with Gasteiger partial charge in [0, 0.05) is 33.3 Å². The van der Waals surface area contributed by atoms with Gasteiger partial charge in [0.2, 0.25) is 0 Å². The maximum absolute atomic E-state index is 5.71. The van der Waals surface area contributed by atoms with Crippen LogP contribution >= 0.6 is 0 Å². The van der Waals surface area contributed by atoms with E-state index in [1.807, 2.05) is 7.05 Å². The largest absolute Gasteiger partial charge is 0.378 e. The second kappa shape index (κ2) is 9.46. The lowest BCUT2D eigenvalue weighted by molar-refractivity contribution is 0.0264. The first kappa shape index (κ1) is 16.8. The van der Waals surface area contributed by atoms with Crippen LogP contribution in [-0.4, -0.2) is 50.3 Å². The molecule has 0 aromatic heterocycles. The smallest absolute Gasteiger partial charge is 0.193 e. The third-order valence-corrected chi connectivity index (χ3v) is 4.12. The Bertz CT molecular complexity index is 439. The minimum atomic E-state index is 0.428. The topological polar surface area (TPSA) is 36.9 Å². The molecule has 4 nitrogen and oxygen atoms in total. The molecule has 0 amide bonds. The van der Waals surface area contributed by atoms with E-state index in [1.54, 1.807) is 0 Å². The standard InChI is InChI=1S/C18H29N3O/c1-3-22-17-11-14-21(15-12-17)18(19-2)20-13-7-10-16-8-5-4-6-9-16/h4-6,8-9,17H,3,7,10-15H2,1-2H3,(H,19,20). The van der Waals surface area contributed by atoms with E-state index in [-0.39, 0.29) is 0 Å². The molecule has 1 aliphatic heterocycles. The minimum Gasteiger partial charge on any atom is -0.378 e. The Morgan fingerprint density at radius 1 is 1.27 bits per heavy atom. The van der Waals surface area contributed by atoms with Crippen molar-refractivity contribution in [1.29, 1.82) is 0 Å². The summed E-state index contributed by atoms with van der Waals surface area (Å²) in [5.41, 5.74) is 1.40. The first-order valence-electron chi connectivity index (χ1n) is 8.44. The fourth-order valence-corrected chi connectivity index (χ4v) is 2.94. The van der Waals surface area contributed by atoms with Crippen molar-refractivity contribution in [2.75, 3.05) is 33.3 Å². The van der Waals surface area contributed by atoms with E-state index in [4.69, 9.17) is 4.74 Å². The molecule has 22 heavy (non-hydrogen) atoms. The minimum absolute atomic E-state index is 0.428. The number of guanidine groups is 1. The molecule has 0 bridgehead atoms. The average molecular weight is 303 g/mol. The second-order valence-corrected chi connectivity index (χ2v) is 5.70. The number of hydrogen-bond donors (Lipinski definition) is 1. The summed E-state index contributed by atoms with van der Waals surface area (Å²) in [6.07, 6.45) is 4.85. The predicted octanol–water partition coefficient (Wildman–Crippen LogP) is 2.70. The van der Waals surface area contributed by atoms with Crippen molar-refractivity contribution >= 4 is 5.96 Å². The van der Waals surface area contributed by atoms with Crippen molar-refractivity contribution in [2.24, 2.45) is 4.99 Å². The quantitative estimate of drug-likeness (QED) is 0.499. The highest BCUT2D eigenvalue weighted by Crippen LogP contribution is 2.13. The average Bonchev–Trinajstić information content (AvgIpc) is 2.57. The van der Waals surface area contributed by atoms with Gasteiger partial charge in [0.25, 0.3) is 0 Å². The monoisotopic (exact) mass is 303 g/mol. The molecule has 0 unspecified atom stereocenters. The first-order valence-corrected chi connectivity index (χ1v) is 8.44. The summed E-state index contributed by atoms with van der Waals surface area (Å²) >= 11 is 0. The van der Waals surface area contributed by atoms with E-state index in [2.05, 4.69) is 52.5 Å². The number of ether oxygens (including phenoxy) is 1. The number of rotatable bonds is 6. The van der Waals surface area contributed by atoms with Crippen molar-refractivity contribution in [3.63, 3.8) is 0 Å². The summed E-state index contributed by atoms with van der Waals surface area (Å²) in [6.45, 7) is 5.91. The van der Waals surface area contributed by atoms with E-state index >= 15 is 0 Å². The van der Waals surface area contributed by atoms with E-state index in [1.165, 1.54) is 5.56 Å². The molecule has 0 aliphatic carbocycles. The summed E-state index contributed by atoms with van der Waals surface area (Å²) in [5.74, 6) is 1.03. The second-order valence-electron chi connectivity index (χ2n) is 5.70. The molecule has 1 aromatic rings. The molecule has 0 atom stereocenters. The van der Waals surface area contributed by atoms with Crippen LogP contribution in [0.4, 0.5) is 0 Å². The van der Waals surface area contributed by atoms with Gasteiger partial charge in [0.15, 0.2) is 5.96 Å². The Morgan fingerprint density at radius 3 is 2.64 bits per heavy atom. The molecular formula is C18H29N3O. The highest BCUT2D eigenvalue weighted by molar-refractivity contribution is 5.79. The number of aryl methyl sites for hydroxylation is 1. The molecule has 0 saturated carbocycles. The zero-order chi connectivity index (χ0) is 15.6. The Labute approximate surface area is 134 Å². The van der Waals surface area contributed by atoms with Gasteiger partial charge in [-0.25, -0.2) is 0 Å². The zero-order valence-corrected chi connectivity index (χ0v) is 13.9. The van der Waals surface area contributed by atoms with Gasteiger partial charge in [0.05, 0.1) is 6.10 Å². The van der Waals surface area contributed by atoms with E-state index in [0.29, 0.717) is 6.10 Å². The molecular weight excluding hydrogens is 274 g/mol. The van der Waals surface area contributed by atoms with Crippen LogP contribution in [0.2, 0.25) is 0 Å². The van der Waals surface area contributed by atoms with Gasteiger partial charge in [-0.05, 0) is 38.2 Å². The SMILES string of the molecule is CCOC1CCN(C(=NC)NCCCc2ccccc2)CC1. The third kappa shape index (κ3) is 5.34. The molecule has 0 radical (unpaired) electrons. The first-order chi connectivity index (χ1) is 10.8. The summed E-state index contributed by atoms with van der Waals surface area (Å²) in [6, 6.07) is 10.6. The number of piperidine rings is 1. The lowest BCUT2D eigenvalue weighted by Crippen LogP contribution is -2.47. The fourth-order valence-electron chi connectivity index (χ4n) is 2.94. The summed E-state index contributed by atoms with van der Waals surface area (Å²) in [7, 11) is 1.87. The van der Waals surface area contributed by atoms with Gasteiger partial charge in [0.1, 0.15) is 0 Å². The van der Waals surface area contributed by atoms with E-state index in [9.17, 15) is 0 Å². The van der Waals surface area contributed by atoms with Crippen LogP contribution in [0, 0.1) is 0 Å². The van der Waals surface area contributed by atoms with Crippen molar-refractivity contribution in [3.05, 3.63) is 35.9 Å². The molecule has 122 valence electrons. The van der Waals surface area contributed by atoms with Crippen molar-refractivity contribution in [1.82, 2.24) is 10.2 Å². The van der Waals surface area contributed by atoms with Crippen LogP contribution < -0.4 is 5.32 Å². The molecule has 1 aliphatic rings. The number of hydrogen-bond acceptors (Lipinski definition) is 2. The summed E-state index contributed by atoms with van der Waals surface area (Å²) in [4.78, 5) is 6.76. The molecule has 1 N–H and O–H groups in total. The number of likely N-dealkylation sites (tertiary alicyclic amines) is 1. The summed E-state index contributed by atoms with van der Waals surface area (Å²) in [5, 5.41) is 3.49. The lowest BCUT2D eigenvalue weighted by atomic mass is 10.1. The summed E-state index contributed by atoms with van der Waals surface area (Å²) < 4.78 is 5.71. The van der Waals surface area contributed by atoms with E-state index < -0.39 is 0 Å². The van der Waals surface area contributed by atoms with Crippen LogP contribution in [0.25, 0.3) is 0 Å². The molecule has 0 spiro atoms. The highest BCUT2D eigenvalue weighted by atomic mass is 16.5. The third-order valence-electron chi connectivity index (χ3n) is 4.12. The molecule has 4 heteroatoms. The van der Waals surface area contributed by atoms with Gasteiger partial charge in [-0.15, -0.1) is 0 Å². The number of benzene rings is 1. The molecule has 2 rings (SSSR count). The van der Waals surface area contributed by atoms with Gasteiger partial charge >= 0.3 is 0 Å². The Balaban J connectivity index is 1.67. The molecule has 1 saturated heterocycles.